The molecule has 0 saturated carbocycles. The van der Waals surface area contributed by atoms with Crippen LogP contribution in [0.1, 0.15) is 52.1 Å². The van der Waals surface area contributed by atoms with Crippen LogP contribution in [0.25, 0.3) is 0 Å². The molecular formula is C21H28N4O3S. The van der Waals surface area contributed by atoms with Gasteiger partial charge >= 0.3 is 5.97 Å². The summed E-state index contributed by atoms with van der Waals surface area (Å²) in [4.78, 5) is 17.6. The van der Waals surface area contributed by atoms with Gasteiger partial charge in [0.15, 0.2) is 0 Å². The van der Waals surface area contributed by atoms with Crippen molar-refractivity contribution in [1.82, 2.24) is 14.8 Å². The molecule has 7 nitrogen and oxygen atoms in total. The number of benzene rings is 1. The molecule has 2 aromatic rings. The Hall–Kier alpha value is -2.48. The largest absolute Gasteiger partial charge is 0.496 e. The lowest BCUT2D eigenvalue weighted by molar-refractivity contribution is -0.143. The number of aromatic nitrogens is 3. The van der Waals surface area contributed by atoms with E-state index in [0.717, 1.165) is 24.2 Å². The highest BCUT2D eigenvalue weighted by molar-refractivity contribution is 7.99. The fourth-order valence-corrected chi connectivity index (χ4v) is 4.13. The van der Waals surface area contributed by atoms with Crippen LogP contribution in [0, 0.1) is 0 Å². The summed E-state index contributed by atoms with van der Waals surface area (Å²) < 4.78 is 12.9. The predicted octanol–water partition coefficient (Wildman–Crippen LogP) is 4.42. The maximum Gasteiger partial charge on any atom is 0.338 e. The van der Waals surface area contributed by atoms with E-state index < -0.39 is 6.04 Å². The average molecular weight is 417 g/mol. The Bertz CT molecular complexity index is 907. The van der Waals surface area contributed by atoms with E-state index in [1.807, 2.05) is 45.0 Å². The summed E-state index contributed by atoms with van der Waals surface area (Å²) in [5.74, 6) is 1.87. The number of anilines is 1. The number of unbranched alkanes of at least 4 members (excludes halogenated alkanes) is 1. The standard InChI is InChI=1S/C21H28N4O3S/c1-6-7-12-29-21-23-20-22-14(4)17(19(26)28-13(2)3)18(25(20)24-21)15-10-8-9-11-16(15)27-5/h8-11,13,18H,6-7,12H2,1-5H3,(H,22,23,24). The summed E-state index contributed by atoms with van der Waals surface area (Å²) in [6.45, 7) is 7.70. The molecule has 1 unspecified atom stereocenters. The van der Waals surface area contributed by atoms with E-state index in [2.05, 4.69) is 17.2 Å². The second kappa shape index (κ2) is 9.35. The number of nitrogens with zero attached hydrogens (tertiary/aromatic N) is 3. The van der Waals surface area contributed by atoms with E-state index in [1.54, 1.807) is 23.6 Å². The fraction of sp³-hybridized carbons (Fsp3) is 0.476. The quantitative estimate of drug-likeness (QED) is 0.388. The van der Waals surface area contributed by atoms with Gasteiger partial charge in [-0.2, -0.15) is 4.98 Å². The SMILES string of the molecule is CCCCSc1nc2n(n1)C(c1ccccc1OC)C(C(=O)OC(C)C)=C(C)N2. The van der Waals surface area contributed by atoms with Gasteiger partial charge in [-0.3, -0.25) is 0 Å². The number of hydrogen-bond acceptors (Lipinski definition) is 7. The molecule has 1 aliphatic heterocycles. The van der Waals surface area contributed by atoms with Gasteiger partial charge in [0.25, 0.3) is 0 Å². The Kier molecular flexibility index (Phi) is 6.84. The number of carbonyl (C=O) groups excluding carboxylic acids is 1. The summed E-state index contributed by atoms with van der Waals surface area (Å²) in [7, 11) is 1.62. The van der Waals surface area contributed by atoms with Crippen molar-refractivity contribution < 1.29 is 14.3 Å². The first kappa shape index (κ1) is 21.2. The number of esters is 1. The van der Waals surface area contributed by atoms with Crippen molar-refractivity contribution in [2.24, 2.45) is 0 Å². The molecule has 0 spiro atoms. The summed E-state index contributed by atoms with van der Waals surface area (Å²) in [6, 6.07) is 7.17. The highest BCUT2D eigenvalue weighted by Crippen LogP contribution is 2.40. The molecule has 29 heavy (non-hydrogen) atoms. The average Bonchev–Trinajstić information content (AvgIpc) is 3.08. The summed E-state index contributed by atoms with van der Waals surface area (Å²) in [6.07, 6.45) is 1.99. The summed E-state index contributed by atoms with van der Waals surface area (Å²) in [5, 5.41) is 8.62. The fourth-order valence-electron chi connectivity index (χ4n) is 3.22. The second-order valence-electron chi connectivity index (χ2n) is 7.13. The molecule has 0 amide bonds. The topological polar surface area (TPSA) is 78.3 Å². The Balaban J connectivity index is 2.08. The molecule has 156 valence electrons. The van der Waals surface area contributed by atoms with E-state index in [1.165, 1.54) is 0 Å². The van der Waals surface area contributed by atoms with Crippen molar-refractivity contribution in [3.05, 3.63) is 41.1 Å². The van der Waals surface area contributed by atoms with Crippen LogP contribution in [0.5, 0.6) is 5.75 Å². The molecule has 1 aliphatic rings. The summed E-state index contributed by atoms with van der Waals surface area (Å²) >= 11 is 1.62. The summed E-state index contributed by atoms with van der Waals surface area (Å²) in [5.41, 5.74) is 2.05. The maximum atomic E-state index is 13.0. The third-order valence-electron chi connectivity index (χ3n) is 4.56. The lowest BCUT2D eigenvalue weighted by Crippen LogP contribution is -2.30. The van der Waals surface area contributed by atoms with Crippen molar-refractivity contribution in [2.75, 3.05) is 18.2 Å². The van der Waals surface area contributed by atoms with E-state index in [-0.39, 0.29) is 12.1 Å². The zero-order valence-electron chi connectivity index (χ0n) is 17.6. The van der Waals surface area contributed by atoms with E-state index in [0.29, 0.717) is 28.1 Å². The van der Waals surface area contributed by atoms with Crippen molar-refractivity contribution in [3.8, 4) is 5.75 Å². The van der Waals surface area contributed by atoms with Crippen LogP contribution in [0.3, 0.4) is 0 Å². The number of rotatable bonds is 8. The van der Waals surface area contributed by atoms with Crippen LogP contribution >= 0.6 is 11.8 Å². The number of allylic oxidation sites excluding steroid dienone is 1. The van der Waals surface area contributed by atoms with Crippen LogP contribution < -0.4 is 10.1 Å². The molecule has 8 heteroatoms. The molecule has 1 atom stereocenters. The van der Waals surface area contributed by atoms with Gasteiger partial charge in [0.2, 0.25) is 11.1 Å². The van der Waals surface area contributed by atoms with Gasteiger partial charge < -0.3 is 14.8 Å². The zero-order chi connectivity index (χ0) is 21.0. The second-order valence-corrected chi connectivity index (χ2v) is 8.19. The van der Waals surface area contributed by atoms with Gasteiger partial charge in [0.05, 0.1) is 18.8 Å². The molecule has 1 N–H and O–H groups in total. The molecular weight excluding hydrogens is 388 g/mol. The first-order valence-corrected chi connectivity index (χ1v) is 10.9. The van der Waals surface area contributed by atoms with E-state index >= 15 is 0 Å². The third-order valence-corrected chi connectivity index (χ3v) is 5.48. The molecule has 0 bridgehead atoms. The molecule has 0 radical (unpaired) electrons. The molecule has 1 aromatic heterocycles. The number of hydrogen-bond donors (Lipinski definition) is 1. The normalized spacial score (nSPS) is 15.9. The van der Waals surface area contributed by atoms with Gasteiger partial charge in [0, 0.05) is 17.0 Å². The van der Waals surface area contributed by atoms with Gasteiger partial charge in [0.1, 0.15) is 11.8 Å². The predicted molar refractivity (Wildman–Crippen MR) is 114 cm³/mol. The smallest absolute Gasteiger partial charge is 0.338 e. The van der Waals surface area contributed by atoms with Gasteiger partial charge in [-0.05, 0) is 33.3 Å². The highest BCUT2D eigenvalue weighted by atomic mass is 32.2. The maximum absolute atomic E-state index is 13.0. The van der Waals surface area contributed by atoms with Crippen LogP contribution in [-0.4, -0.2) is 39.7 Å². The number of ether oxygens (including phenoxy) is 2. The Morgan fingerprint density at radius 1 is 1.34 bits per heavy atom. The Morgan fingerprint density at radius 3 is 2.79 bits per heavy atom. The van der Waals surface area contributed by atoms with Gasteiger partial charge in [-0.25, -0.2) is 9.48 Å². The zero-order valence-corrected chi connectivity index (χ0v) is 18.4. The number of para-hydroxylation sites is 1. The van der Waals surface area contributed by atoms with Crippen LogP contribution in [0.2, 0.25) is 0 Å². The monoisotopic (exact) mass is 416 g/mol. The first-order valence-electron chi connectivity index (χ1n) is 9.87. The molecule has 0 saturated heterocycles. The minimum Gasteiger partial charge on any atom is -0.496 e. The molecule has 2 heterocycles. The number of nitrogens with one attached hydrogen (secondary N) is 1. The van der Waals surface area contributed by atoms with Crippen molar-refractivity contribution in [1.29, 1.82) is 0 Å². The van der Waals surface area contributed by atoms with Crippen molar-refractivity contribution >= 4 is 23.7 Å². The lowest BCUT2D eigenvalue weighted by Gasteiger charge is -2.29. The van der Waals surface area contributed by atoms with Crippen molar-refractivity contribution in [3.63, 3.8) is 0 Å². The van der Waals surface area contributed by atoms with Gasteiger partial charge in [-0.1, -0.05) is 43.3 Å². The Morgan fingerprint density at radius 2 is 2.10 bits per heavy atom. The lowest BCUT2D eigenvalue weighted by atomic mass is 9.95. The van der Waals surface area contributed by atoms with Crippen molar-refractivity contribution in [2.45, 2.75) is 57.8 Å². The molecule has 1 aromatic carbocycles. The third kappa shape index (κ3) is 4.58. The minimum absolute atomic E-state index is 0.224. The molecule has 0 fully saturated rings. The first-order chi connectivity index (χ1) is 14.0. The number of carbonyl (C=O) groups is 1. The number of thioether (sulfide) groups is 1. The van der Waals surface area contributed by atoms with E-state index in [4.69, 9.17) is 14.6 Å². The Labute approximate surface area is 175 Å². The number of fused-ring (bicyclic) bond motifs is 1. The minimum atomic E-state index is -0.485. The van der Waals surface area contributed by atoms with Crippen LogP contribution in [0.4, 0.5) is 5.95 Å². The van der Waals surface area contributed by atoms with E-state index in [9.17, 15) is 4.79 Å². The number of methoxy groups -OCH3 is 1. The highest BCUT2D eigenvalue weighted by Gasteiger charge is 2.37. The van der Waals surface area contributed by atoms with Gasteiger partial charge in [-0.15, -0.1) is 5.10 Å². The molecule has 3 rings (SSSR count). The van der Waals surface area contributed by atoms with Crippen LogP contribution in [-0.2, 0) is 9.53 Å². The molecule has 0 aliphatic carbocycles. The van der Waals surface area contributed by atoms with Crippen LogP contribution in [0.15, 0.2) is 40.7 Å².